The maximum absolute atomic E-state index is 9.85. The first-order valence-corrected chi connectivity index (χ1v) is 7.41. The van der Waals surface area contributed by atoms with Gasteiger partial charge in [0, 0.05) is 4.53 Å². The minimum atomic E-state index is -0.292. The number of benzene rings is 1. The van der Waals surface area contributed by atoms with Crippen molar-refractivity contribution < 1.29 is 14.3 Å². The van der Waals surface area contributed by atoms with E-state index >= 15 is 0 Å². The molecule has 2 nitrogen and oxygen atoms in total. The summed E-state index contributed by atoms with van der Waals surface area (Å²) in [6, 6.07) is 10.5. The van der Waals surface area contributed by atoms with E-state index in [1.54, 1.807) is 5.57 Å². The standard InChI is InChI=1S/C9H18.C8H10.CHFO2/c1-5-6-7-9(4)8(2)3;1-2-8-6-4-3-5-7-8;2-4-1-3/h5-7H2,1-4H3;3-7H,2H2,1H3;1H. The van der Waals surface area contributed by atoms with Gasteiger partial charge in [-0.1, -0.05) is 61.7 Å². The predicted octanol–water partition coefficient (Wildman–Crippen LogP) is 5.83. The van der Waals surface area contributed by atoms with Gasteiger partial charge in [-0.25, -0.2) is 0 Å². The SMILES string of the molecule is CCCCC(C)=C(C)C.CCc1ccccc1.O=COF. The van der Waals surface area contributed by atoms with E-state index in [1.807, 2.05) is 6.07 Å². The third kappa shape index (κ3) is 16.3. The van der Waals surface area contributed by atoms with Gasteiger partial charge in [0.25, 0.3) is 0 Å². The molecule has 0 amide bonds. The molecule has 0 aliphatic carbocycles. The Morgan fingerprint density at radius 1 is 1.14 bits per heavy atom. The molecule has 0 bridgehead atoms. The Labute approximate surface area is 128 Å². The molecule has 3 heteroatoms. The van der Waals surface area contributed by atoms with E-state index in [1.165, 1.54) is 30.4 Å². The average Bonchev–Trinajstić information content (AvgIpc) is 2.54. The minimum Gasteiger partial charge on any atom is -0.258 e. The highest BCUT2D eigenvalue weighted by Crippen LogP contribution is 2.10. The topological polar surface area (TPSA) is 26.3 Å². The van der Waals surface area contributed by atoms with Crippen molar-refractivity contribution in [2.45, 2.75) is 60.3 Å². The van der Waals surface area contributed by atoms with Crippen LogP contribution < -0.4 is 0 Å². The Bertz CT molecular complexity index is 368. The molecule has 0 fully saturated rings. The molecule has 0 atom stereocenters. The van der Waals surface area contributed by atoms with Crippen LogP contribution in [0.25, 0.3) is 0 Å². The second-order valence-electron chi connectivity index (χ2n) is 4.91. The number of hydrogen-bond donors (Lipinski definition) is 0. The normalized spacial score (nSPS) is 8.48. The molecule has 1 aromatic carbocycles. The van der Waals surface area contributed by atoms with Gasteiger partial charge in [0.2, 0.25) is 0 Å². The van der Waals surface area contributed by atoms with Crippen LogP contribution in [-0.4, -0.2) is 6.47 Å². The highest BCUT2D eigenvalue weighted by atomic mass is 19.3. The summed E-state index contributed by atoms with van der Waals surface area (Å²) in [7, 11) is 0. The molecule has 0 N–H and O–H groups in total. The molecule has 0 spiro atoms. The second kappa shape index (κ2) is 16.4. The van der Waals surface area contributed by atoms with E-state index in [-0.39, 0.29) is 6.47 Å². The number of hydrogen-bond acceptors (Lipinski definition) is 2. The van der Waals surface area contributed by atoms with Crippen molar-refractivity contribution in [2.75, 3.05) is 0 Å². The van der Waals surface area contributed by atoms with E-state index in [9.17, 15) is 4.53 Å². The fourth-order valence-electron chi connectivity index (χ4n) is 1.41. The van der Waals surface area contributed by atoms with Gasteiger partial charge in [-0.2, -0.15) is 0 Å². The van der Waals surface area contributed by atoms with E-state index in [2.05, 4.69) is 63.8 Å². The molecule has 0 saturated carbocycles. The van der Waals surface area contributed by atoms with Gasteiger partial charge < -0.3 is 0 Å². The molecule has 0 radical (unpaired) electrons. The zero-order chi connectivity index (χ0) is 16.5. The molecule has 0 aromatic heterocycles. The van der Waals surface area contributed by atoms with Crippen molar-refractivity contribution in [3.63, 3.8) is 0 Å². The molecule has 1 rings (SSSR count). The first-order valence-electron chi connectivity index (χ1n) is 7.41. The van der Waals surface area contributed by atoms with Gasteiger partial charge in [0.15, 0.2) is 0 Å². The lowest BCUT2D eigenvalue weighted by Crippen LogP contribution is -1.79. The van der Waals surface area contributed by atoms with Crippen LogP contribution in [0.2, 0.25) is 0 Å². The summed E-state index contributed by atoms with van der Waals surface area (Å²) in [5.74, 6) is 0. The maximum Gasteiger partial charge on any atom is 0.337 e. The molecule has 0 heterocycles. The molecular formula is C18H29FO2. The number of halogens is 1. The fourth-order valence-corrected chi connectivity index (χ4v) is 1.41. The molecule has 0 saturated heterocycles. The largest absolute Gasteiger partial charge is 0.337 e. The van der Waals surface area contributed by atoms with Crippen LogP contribution in [0.3, 0.4) is 0 Å². The predicted molar refractivity (Wildman–Crippen MR) is 87.7 cm³/mol. The van der Waals surface area contributed by atoms with Gasteiger partial charge >= 0.3 is 6.47 Å². The molecule has 120 valence electrons. The Hall–Kier alpha value is -1.64. The molecule has 0 aliphatic heterocycles. The van der Waals surface area contributed by atoms with Crippen molar-refractivity contribution in [3.05, 3.63) is 47.0 Å². The summed E-state index contributed by atoms with van der Waals surface area (Å²) in [4.78, 5) is 10.9. The van der Waals surface area contributed by atoms with Gasteiger partial charge in [-0.05, 0) is 45.6 Å². The first kappa shape index (κ1) is 21.7. The van der Waals surface area contributed by atoms with E-state index in [0.29, 0.717) is 0 Å². The fraction of sp³-hybridized carbons (Fsp3) is 0.500. The third-order valence-corrected chi connectivity index (χ3v) is 3.05. The molecule has 1 aromatic rings. The lowest BCUT2D eigenvalue weighted by Gasteiger charge is -2.00. The second-order valence-corrected chi connectivity index (χ2v) is 4.91. The summed E-state index contributed by atoms with van der Waals surface area (Å²) in [6.45, 7) is 10.7. The summed E-state index contributed by atoms with van der Waals surface area (Å²) in [5.41, 5.74) is 4.47. The van der Waals surface area contributed by atoms with Gasteiger partial charge in [0.05, 0.1) is 0 Å². The quantitative estimate of drug-likeness (QED) is 0.505. The molecule has 0 unspecified atom stereocenters. The monoisotopic (exact) mass is 296 g/mol. The summed E-state index contributed by atoms with van der Waals surface area (Å²) in [6.07, 6.45) is 5.08. The van der Waals surface area contributed by atoms with E-state index in [4.69, 9.17) is 4.79 Å². The van der Waals surface area contributed by atoms with Crippen molar-refractivity contribution >= 4 is 6.47 Å². The van der Waals surface area contributed by atoms with Crippen LogP contribution in [0, 0.1) is 0 Å². The summed E-state index contributed by atoms with van der Waals surface area (Å²) >= 11 is 0. The summed E-state index contributed by atoms with van der Waals surface area (Å²) in [5, 5.41) is 0. The van der Waals surface area contributed by atoms with E-state index < -0.39 is 0 Å². The zero-order valence-electron chi connectivity index (χ0n) is 14.0. The Morgan fingerprint density at radius 2 is 1.67 bits per heavy atom. The third-order valence-electron chi connectivity index (χ3n) is 3.05. The lowest BCUT2D eigenvalue weighted by molar-refractivity contribution is -0.165. The van der Waals surface area contributed by atoms with Gasteiger partial charge in [0.1, 0.15) is 0 Å². The van der Waals surface area contributed by atoms with Crippen molar-refractivity contribution in [1.29, 1.82) is 0 Å². The van der Waals surface area contributed by atoms with Crippen molar-refractivity contribution in [3.8, 4) is 0 Å². The number of carbonyl (C=O) groups is 1. The summed E-state index contributed by atoms with van der Waals surface area (Å²) < 4.78 is 9.85. The van der Waals surface area contributed by atoms with Crippen molar-refractivity contribution in [1.82, 2.24) is 0 Å². The van der Waals surface area contributed by atoms with Crippen LogP contribution in [0.15, 0.2) is 41.5 Å². The van der Waals surface area contributed by atoms with E-state index in [0.717, 1.165) is 6.42 Å². The van der Waals surface area contributed by atoms with Gasteiger partial charge in [-0.15, -0.1) is 0 Å². The average molecular weight is 296 g/mol. The maximum atomic E-state index is 9.85. The van der Waals surface area contributed by atoms with Crippen LogP contribution in [-0.2, 0) is 16.2 Å². The molecule has 21 heavy (non-hydrogen) atoms. The number of aryl methyl sites for hydroxylation is 1. The van der Waals surface area contributed by atoms with Gasteiger partial charge in [-0.3, -0.25) is 9.74 Å². The Kier molecular flexibility index (Phi) is 16.9. The van der Waals surface area contributed by atoms with Crippen molar-refractivity contribution in [2.24, 2.45) is 0 Å². The number of rotatable bonds is 5. The smallest absolute Gasteiger partial charge is 0.258 e. The Morgan fingerprint density at radius 3 is 1.95 bits per heavy atom. The highest BCUT2D eigenvalue weighted by molar-refractivity contribution is 5.35. The highest BCUT2D eigenvalue weighted by Gasteiger charge is 1.89. The van der Waals surface area contributed by atoms with Crippen LogP contribution in [0.5, 0.6) is 0 Å². The van der Waals surface area contributed by atoms with Crippen LogP contribution in [0.4, 0.5) is 4.53 Å². The van der Waals surface area contributed by atoms with Crippen LogP contribution in [0.1, 0.15) is 59.4 Å². The number of unbranched alkanes of at least 4 members (excludes halogenated alkanes) is 1. The zero-order valence-corrected chi connectivity index (χ0v) is 14.0. The lowest BCUT2D eigenvalue weighted by atomic mass is 10.1. The van der Waals surface area contributed by atoms with Crippen LogP contribution >= 0.6 is 0 Å². The molecular weight excluding hydrogens is 267 g/mol. The number of allylic oxidation sites excluding steroid dienone is 2. The minimum absolute atomic E-state index is 0.292. The molecule has 0 aliphatic rings. The Balaban J connectivity index is 0. The first-order chi connectivity index (χ1) is 10.0. The number of carbonyl (C=O) groups excluding carboxylic acids is 1.